The minimum absolute atomic E-state index is 0.0899. The molecule has 1 saturated heterocycles. The molecule has 0 unspecified atom stereocenters. The first-order valence-electron chi connectivity index (χ1n) is 13.4. The Morgan fingerprint density at radius 3 is 2.31 bits per heavy atom. The number of nitrogens with zero attached hydrogens (tertiary/aromatic N) is 3. The lowest BCUT2D eigenvalue weighted by atomic mass is 10.0. The Balaban J connectivity index is 1.54. The highest BCUT2D eigenvalue weighted by molar-refractivity contribution is 6.31. The van der Waals surface area contributed by atoms with E-state index in [1.54, 1.807) is 73.7 Å². The second-order valence-corrected chi connectivity index (χ2v) is 10.3. The van der Waals surface area contributed by atoms with Gasteiger partial charge in [-0.1, -0.05) is 23.7 Å². The van der Waals surface area contributed by atoms with Crippen molar-refractivity contribution in [3.05, 3.63) is 105 Å². The van der Waals surface area contributed by atoms with Crippen molar-refractivity contribution in [2.45, 2.75) is 6.54 Å². The highest BCUT2D eigenvalue weighted by Crippen LogP contribution is 2.33. The maximum Gasteiger partial charge on any atom is 0.347 e. The highest BCUT2D eigenvalue weighted by Gasteiger charge is 2.30. The number of rotatable bonds is 8. The molecule has 0 bridgehead atoms. The number of halogens is 2. The summed E-state index contributed by atoms with van der Waals surface area (Å²) in [5.41, 5.74) is 1.53. The van der Waals surface area contributed by atoms with Gasteiger partial charge in [-0.05, 0) is 67.2 Å². The van der Waals surface area contributed by atoms with Crippen LogP contribution in [0, 0.1) is 5.82 Å². The van der Waals surface area contributed by atoms with E-state index in [-0.39, 0.29) is 30.6 Å². The number of anilines is 1. The molecule has 9 nitrogen and oxygen atoms in total. The number of pyridine rings is 1. The summed E-state index contributed by atoms with van der Waals surface area (Å²) in [4.78, 5) is 44.3. The average Bonchev–Trinajstić information content (AvgIpc) is 3.01. The number of ether oxygens (including phenoxy) is 2. The lowest BCUT2D eigenvalue weighted by Crippen LogP contribution is -2.49. The molecule has 1 aliphatic rings. The predicted molar refractivity (Wildman–Crippen MR) is 159 cm³/mol. The number of fused-ring (bicyclic) bond motifs is 1. The van der Waals surface area contributed by atoms with Crippen LogP contribution in [0.1, 0.15) is 26.3 Å². The van der Waals surface area contributed by atoms with E-state index in [1.165, 1.54) is 16.7 Å². The number of carbonyl (C=O) groups excluding carboxylic acids is 2. The number of methoxy groups -OCH3 is 1. The number of benzene rings is 3. The van der Waals surface area contributed by atoms with Gasteiger partial charge in [0.05, 0.1) is 24.9 Å². The van der Waals surface area contributed by atoms with Crippen LogP contribution in [0.5, 0.6) is 5.75 Å². The molecule has 0 spiro atoms. The molecule has 1 aliphatic heterocycles. The number of piperazine rings is 1. The minimum Gasteiger partial charge on any atom is -0.497 e. The van der Waals surface area contributed by atoms with Gasteiger partial charge in [-0.25, -0.2) is 9.18 Å². The number of hydrogen-bond donors (Lipinski definition) is 1. The third-order valence-corrected chi connectivity index (χ3v) is 7.46. The van der Waals surface area contributed by atoms with Gasteiger partial charge >= 0.3 is 5.97 Å². The van der Waals surface area contributed by atoms with E-state index in [4.69, 9.17) is 21.1 Å². The van der Waals surface area contributed by atoms with Gasteiger partial charge in [-0.15, -0.1) is 0 Å². The Morgan fingerprint density at radius 2 is 1.67 bits per heavy atom. The first-order chi connectivity index (χ1) is 20.3. The number of aromatic nitrogens is 1. The third kappa shape index (κ3) is 5.95. The zero-order valence-corrected chi connectivity index (χ0v) is 24.0. The summed E-state index contributed by atoms with van der Waals surface area (Å²) < 4.78 is 25.6. The summed E-state index contributed by atoms with van der Waals surface area (Å²) in [5.74, 6) is -0.628. The maximum atomic E-state index is 14.1. The molecule has 0 saturated carbocycles. The van der Waals surface area contributed by atoms with Gasteiger partial charge in [0, 0.05) is 42.2 Å². The third-order valence-electron chi connectivity index (χ3n) is 7.23. The molecule has 0 atom stereocenters. The lowest BCUT2D eigenvalue weighted by molar-refractivity contribution is 0.0479. The Kier molecular flexibility index (Phi) is 8.75. The molecule has 2 heterocycles. The van der Waals surface area contributed by atoms with Gasteiger partial charge in [-0.3, -0.25) is 14.9 Å². The lowest BCUT2D eigenvalue weighted by Gasteiger charge is -2.37. The summed E-state index contributed by atoms with van der Waals surface area (Å²) in [6.45, 7) is 1.50. The van der Waals surface area contributed by atoms with Crippen molar-refractivity contribution in [3.8, 4) is 5.75 Å². The Labute approximate surface area is 247 Å². The topological polar surface area (TPSA) is 93.1 Å². The number of esters is 1. The van der Waals surface area contributed by atoms with Gasteiger partial charge in [0.25, 0.3) is 11.5 Å². The van der Waals surface area contributed by atoms with E-state index in [0.29, 0.717) is 64.7 Å². The molecule has 5 rings (SSSR count). The van der Waals surface area contributed by atoms with Crippen LogP contribution in [0.2, 0.25) is 5.02 Å². The molecule has 0 radical (unpaired) electrons. The second kappa shape index (κ2) is 12.6. The monoisotopic (exact) mass is 592 g/mol. The fraction of sp³-hybridized carbons (Fsp3) is 0.258. The molecule has 4 aromatic rings. The molecule has 1 aromatic heterocycles. The van der Waals surface area contributed by atoms with E-state index in [1.807, 2.05) is 4.90 Å². The fourth-order valence-corrected chi connectivity index (χ4v) is 5.29. The van der Waals surface area contributed by atoms with E-state index >= 15 is 0 Å². The zero-order valence-electron chi connectivity index (χ0n) is 23.2. The van der Waals surface area contributed by atoms with E-state index in [9.17, 15) is 18.8 Å². The van der Waals surface area contributed by atoms with E-state index in [2.05, 4.69) is 5.32 Å². The normalized spacial score (nSPS) is 13.3. The van der Waals surface area contributed by atoms with Crippen LogP contribution in [0.4, 0.5) is 10.1 Å². The van der Waals surface area contributed by atoms with Crippen LogP contribution in [0.3, 0.4) is 0 Å². The van der Waals surface area contributed by atoms with Gasteiger partial charge in [0.2, 0.25) is 0 Å². The van der Waals surface area contributed by atoms with Crippen LogP contribution < -0.4 is 20.5 Å². The molecule has 1 N–H and O–H groups in total. The number of carbonyl (C=O) groups is 2. The summed E-state index contributed by atoms with van der Waals surface area (Å²) in [7, 11) is 3.19. The molecule has 42 heavy (non-hydrogen) atoms. The molecule has 218 valence electrons. The maximum absolute atomic E-state index is 14.1. The molecule has 0 aliphatic carbocycles. The van der Waals surface area contributed by atoms with Crippen molar-refractivity contribution in [2.75, 3.05) is 52.0 Å². The Hall–Kier alpha value is -4.41. The summed E-state index contributed by atoms with van der Waals surface area (Å²) in [5, 5.41) is 3.78. The SMILES string of the molecule is CNCOC(=O)c1c(N2CCN(C(=O)c3ccc(OC)cc3)CC2)c2cc(Cl)ccc2n(Cc2ccc(F)cc2)c1=O. The quantitative estimate of drug-likeness (QED) is 0.243. The molecular formula is C31H30ClFN4O5. The molecular weight excluding hydrogens is 563 g/mol. The summed E-state index contributed by atoms with van der Waals surface area (Å²) in [6, 6.07) is 17.9. The van der Waals surface area contributed by atoms with Crippen molar-refractivity contribution >= 4 is 40.1 Å². The largest absolute Gasteiger partial charge is 0.497 e. The van der Waals surface area contributed by atoms with Gasteiger partial charge < -0.3 is 23.8 Å². The van der Waals surface area contributed by atoms with E-state index < -0.39 is 11.5 Å². The van der Waals surface area contributed by atoms with Gasteiger partial charge in [0.1, 0.15) is 23.9 Å². The molecule has 3 aromatic carbocycles. The van der Waals surface area contributed by atoms with Crippen molar-refractivity contribution in [2.24, 2.45) is 0 Å². The van der Waals surface area contributed by atoms with Crippen LogP contribution >= 0.6 is 11.6 Å². The summed E-state index contributed by atoms with van der Waals surface area (Å²) in [6.07, 6.45) is 0. The minimum atomic E-state index is -0.782. The Bertz CT molecular complexity index is 1670. The van der Waals surface area contributed by atoms with E-state index in [0.717, 1.165) is 0 Å². The summed E-state index contributed by atoms with van der Waals surface area (Å²) >= 11 is 6.43. The number of hydrogen-bond acceptors (Lipinski definition) is 7. The van der Waals surface area contributed by atoms with Crippen molar-refractivity contribution in [3.63, 3.8) is 0 Å². The highest BCUT2D eigenvalue weighted by atomic mass is 35.5. The van der Waals surface area contributed by atoms with Gasteiger partial charge in [0.15, 0.2) is 0 Å². The fourth-order valence-electron chi connectivity index (χ4n) is 5.11. The second-order valence-electron chi connectivity index (χ2n) is 9.84. The van der Waals surface area contributed by atoms with Crippen LogP contribution in [0.15, 0.2) is 71.5 Å². The first-order valence-corrected chi connectivity index (χ1v) is 13.8. The van der Waals surface area contributed by atoms with Crippen molar-refractivity contribution in [1.82, 2.24) is 14.8 Å². The number of nitrogens with one attached hydrogen (secondary N) is 1. The van der Waals surface area contributed by atoms with Crippen LogP contribution in [-0.4, -0.2) is 68.4 Å². The van der Waals surface area contributed by atoms with Crippen molar-refractivity contribution in [1.29, 1.82) is 0 Å². The molecule has 1 fully saturated rings. The smallest absolute Gasteiger partial charge is 0.347 e. The molecule has 11 heteroatoms. The Morgan fingerprint density at radius 1 is 0.976 bits per heavy atom. The standard InChI is InChI=1S/C31H30ClFN4O5/c1-34-19-42-31(40)27-28(35-13-15-36(16-14-35)29(38)21-5-10-24(41-2)11-6-21)25-17-22(32)7-12-26(25)37(30(27)39)18-20-3-8-23(33)9-4-20/h3-12,17,34H,13-16,18-19H2,1-2H3. The van der Waals surface area contributed by atoms with Gasteiger partial charge in [-0.2, -0.15) is 0 Å². The van der Waals surface area contributed by atoms with Crippen LogP contribution in [0.25, 0.3) is 10.9 Å². The average molecular weight is 593 g/mol. The molecule has 1 amide bonds. The van der Waals surface area contributed by atoms with Crippen LogP contribution in [-0.2, 0) is 11.3 Å². The zero-order chi connectivity index (χ0) is 29.8. The van der Waals surface area contributed by atoms with Crippen molar-refractivity contribution < 1.29 is 23.5 Å². The first kappa shape index (κ1) is 29.1. The predicted octanol–water partition coefficient (Wildman–Crippen LogP) is 4.15. The number of amides is 1.